The summed E-state index contributed by atoms with van der Waals surface area (Å²) in [6.07, 6.45) is 20.8. The van der Waals surface area contributed by atoms with Crippen LogP contribution in [0.1, 0.15) is 85.1 Å². The molecule has 32 heavy (non-hydrogen) atoms. The third-order valence-electron chi connectivity index (χ3n) is 7.45. The molecule has 2 nitrogen and oxygen atoms in total. The number of nitrogens with zero attached hydrogens (tertiary/aromatic N) is 1. The number of ether oxygens (including phenoxy) is 1. The van der Waals surface area contributed by atoms with Gasteiger partial charge in [0.2, 0.25) is 0 Å². The molecule has 3 rings (SSSR count). The number of benzene rings is 1. The van der Waals surface area contributed by atoms with Crippen LogP contribution in [0.15, 0.2) is 47.8 Å². The molecule has 2 atom stereocenters. The minimum Gasteiger partial charge on any atom is -0.456 e. The highest BCUT2D eigenvalue weighted by Crippen LogP contribution is 2.38. The third-order valence-corrected chi connectivity index (χ3v) is 7.45. The first-order chi connectivity index (χ1) is 15.6. The van der Waals surface area contributed by atoms with E-state index in [1.54, 1.807) is 0 Å². The van der Waals surface area contributed by atoms with Crippen LogP contribution in [-0.4, -0.2) is 13.1 Å². The van der Waals surface area contributed by atoms with Crippen molar-refractivity contribution in [1.29, 1.82) is 0 Å². The van der Waals surface area contributed by atoms with Crippen LogP contribution in [0, 0.1) is 24.2 Å². The van der Waals surface area contributed by atoms with Gasteiger partial charge < -0.3 is 9.64 Å². The minimum absolute atomic E-state index is 0.465. The maximum absolute atomic E-state index is 6.42. The molecule has 2 heteroatoms. The molecular weight excluding hydrogens is 390 g/mol. The fourth-order valence-corrected chi connectivity index (χ4v) is 5.04. The lowest BCUT2D eigenvalue weighted by atomic mass is 9.84. The van der Waals surface area contributed by atoms with Crippen LogP contribution in [-0.2, 0) is 0 Å². The minimum atomic E-state index is 0.465. The van der Waals surface area contributed by atoms with Crippen molar-refractivity contribution in [2.75, 3.05) is 18.0 Å². The summed E-state index contributed by atoms with van der Waals surface area (Å²) in [6, 6.07) is 6.60. The standard InChI is InChI=1S/C30H44NO/c1-6-23(7-2)13-11-12-14-24(8-3)19-25-15-16-26-21-27-17-18-28(31(9-4)10-5)22-30(27)32-29(26)20-25/h12,15-18,20-25H,6-11,13-14,19H2,1-5H3/q+1. The van der Waals surface area contributed by atoms with E-state index < -0.39 is 0 Å². The molecule has 174 valence electrons. The summed E-state index contributed by atoms with van der Waals surface area (Å²) in [5, 5.41) is 0. The van der Waals surface area contributed by atoms with Gasteiger partial charge in [-0.15, -0.1) is 0 Å². The van der Waals surface area contributed by atoms with Crippen molar-refractivity contribution < 1.29 is 4.74 Å². The van der Waals surface area contributed by atoms with Gasteiger partial charge in [-0.1, -0.05) is 45.8 Å². The Bertz CT molecular complexity index is 810. The van der Waals surface area contributed by atoms with Crippen molar-refractivity contribution in [1.82, 2.24) is 0 Å². The summed E-state index contributed by atoms with van der Waals surface area (Å²) < 4.78 is 6.42. The average molecular weight is 435 g/mol. The Morgan fingerprint density at radius 3 is 2.44 bits per heavy atom. The molecule has 0 aromatic heterocycles. The van der Waals surface area contributed by atoms with Gasteiger partial charge in [0.1, 0.15) is 11.5 Å². The molecule has 0 saturated carbocycles. The first-order valence-electron chi connectivity index (χ1n) is 13.1. The third kappa shape index (κ3) is 6.24. The van der Waals surface area contributed by atoms with E-state index in [1.165, 1.54) is 61.8 Å². The van der Waals surface area contributed by atoms with Crippen LogP contribution < -0.4 is 9.64 Å². The lowest BCUT2D eigenvalue weighted by Crippen LogP contribution is -2.22. The zero-order chi connectivity index (χ0) is 22.9. The molecule has 0 bridgehead atoms. The van der Waals surface area contributed by atoms with Gasteiger partial charge in [0.25, 0.3) is 0 Å². The summed E-state index contributed by atoms with van der Waals surface area (Å²) in [5.41, 5.74) is 3.62. The summed E-state index contributed by atoms with van der Waals surface area (Å²) in [4.78, 5) is 2.37. The smallest absolute Gasteiger partial charge is 0.136 e. The summed E-state index contributed by atoms with van der Waals surface area (Å²) in [7, 11) is 0. The zero-order valence-corrected chi connectivity index (χ0v) is 21.1. The van der Waals surface area contributed by atoms with Crippen molar-refractivity contribution in [3.63, 3.8) is 0 Å². The normalized spacial score (nSPS) is 17.8. The SMILES string of the molecule is CCC(CC)CC[CH+]CC(CC)CC1C=CC2=Cc3ccc(N(CC)CC)cc3OC2=C1. The second-order valence-corrected chi connectivity index (χ2v) is 9.44. The average Bonchev–Trinajstić information content (AvgIpc) is 2.82. The van der Waals surface area contributed by atoms with Crippen molar-refractivity contribution in [2.45, 2.75) is 79.6 Å². The predicted octanol–water partition coefficient (Wildman–Crippen LogP) is 8.61. The van der Waals surface area contributed by atoms with E-state index in [0.717, 1.165) is 36.4 Å². The highest BCUT2D eigenvalue weighted by atomic mass is 16.5. The van der Waals surface area contributed by atoms with E-state index >= 15 is 0 Å². The van der Waals surface area contributed by atoms with E-state index in [-0.39, 0.29) is 0 Å². The van der Waals surface area contributed by atoms with Crippen LogP contribution in [0.4, 0.5) is 5.69 Å². The molecule has 1 heterocycles. The number of hydrogen-bond acceptors (Lipinski definition) is 2. The van der Waals surface area contributed by atoms with E-state index in [2.05, 4.69) is 88.4 Å². The molecule has 1 aromatic rings. The lowest BCUT2D eigenvalue weighted by molar-refractivity contribution is 0.394. The van der Waals surface area contributed by atoms with E-state index in [9.17, 15) is 0 Å². The molecular formula is C30H44NO+. The Labute approximate surface area is 197 Å². The second kappa shape index (κ2) is 12.2. The van der Waals surface area contributed by atoms with Crippen LogP contribution in [0.25, 0.3) is 6.08 Å². The van der Waals surface area contributed by atoms with Gasteiger partial charge in [0.05, 0.1) is 19.3 Å². The van der Waals surface area contributed by atoms with Gasteiger partial charge in [0, 0.05) is 36.0 Å². The molecule has 2 aliphatic rings. The Kier molecular flexibility index (Phi) is 9.38. The summed E-state index contributed by atoms with van der Waals surface area (Å²) in [6.45, 7) is 13.4. The van der Waals surface area contributed by atoms with Gasteiger partial charge in [-0.2, -0.15) is 0 Å². The Morgan fingerprint density at radius 2 is 1.75 bits per heavy atom. The molecule has 0 amide bonds. The highest BCUT2D eigenvalue weighted by molar-refractivity contribution is 5.72. The number of anilines is 1. The maximum atomic E-state index is 6.42. The number of allylic oxidation sites excluding steroid dienone is 3. The van der Waals surface area contributed by atoms with Crippen molar-refractivity contribution in [3.8, 4) is 5.75 Å². The largest absolute Gasteiger partial charge is 0.456 e. The maximum Gasteiger partial charge on any atom is 0.136 e. The molecule has 0 fully saturated rings. The Morgan fingerprint density at radius 1 is 1.00 bits per heavy atom. The number of hydrogen-bond donors (Lipinski definition) is 0. The van der Waals surface area contributed by atoms with Gasteiger partial charge in [-0.05, 0) is 75.1 Å². The van der Waals surface area contributed by atoms with Crippen LogP contribution in [0.5, 0.6) is 5.75 Å². The topological polar surface area (TPSA) is 12.5 Å². The predicted molar refractivity (Wildman–Crippen MR) is 140 cm³/mol. The van der Waals surface area contributed by atoms with Gasteiger partial charge >= 0.3 is 0 Å². The number of rotatable bonds is 13. The molecule has 1 aliphatic heterocycles. The molecule has 0 N–H and O–H groups in total. The first kappa shape index (κ1) is 24.6. The molecule has 1 aliphatic carbocycles. The van der Waals surface area contributed by atoms with Gasteiger partial charge in [-0.25, -0.2) is 0 Å². The number of unbranched alkanes of at least 4 members (excludes halogenated alkanes) is 1. The highest BCUT2D eigenvalue weighted by Gasteiger charge is 2.23. The van der Waals surface area contributed by atoms with Gasteiger partial charge in [0.15, 0.2) is 0 Å². The first-order valence-corrected chi connectivity index (χ1v) is 13.1. The molecule has 0 saturated heterocycles. The number of fused-ring (bicyclic) bond motifs is 2. The van der Waals surface area contributed by atoms with E-state index in [4.69, 9.17) is 4.74 Å². The summed E-state index contributed by atoms with van der Waals surface area (Å²) >= 11 is 0. The molecule has 1 aromatic carbocycles. The van der Waals surface area contributed by atoms with Crippen LogP contribution in [0.2, 0.25) is 0 Å². The molecule has 2 unspecified atom stereocenters. The Balaban J connectivity index is 1.60. The van der Waals surface area contributed by atoms with Crippen molar-refractivity contribution >= 4 is 11.8 Å². The van der Waals surface area contributed by atoms with Crippen LogP contribution in [0.3, 0.4) is 0 Å². The molecule has 0 spiro atoms. The van der Waals surface area contributed by atoms with Crippen molar-refractivity contribution in [3.05, 3.63) is 59.7 Å². The Hall–Kier alpha value is -2.09. The summed E-state index contributed by atoms with van der Waals surface area (Å²) in [5.74, 6) is 4.14. The fraction of sp³-hybridized carbons (Fsp3) is 0.567. The van der Waals surface area contributed by atoms with Crippen LogP contribution >= 0.6 is 0 Å². The monoisotopic (exact) mass is 434 g/mol. The van der Waals surface area contributed by atoms with Crippen molar-refractivity contribution in [2.24, 2.45) is 17.8 Å². The van der Waals surface area contributed by atoms with E-state index in [0.29, 0.717) is 5.92 Å². The molecule has 0 radical (unpaired) electrons. The van der Waals surface area contributed by atoms with E-state index in [1.807, 2.05) is 0 Å². The lowest BCUT2D eigenvalue weighted by Gasteiger charge is -2.27. The fourth-order valence-electron chi connectivity index (χ4n) is 5.04. The second-order valence-electron chi connectivity index (χ2n) is 9.44. The zero-order valence-electron chi connectivity index (χ0n) is 21.1. The quantitative estimate of drug-likeness (QED) is 0.227. The van der Waals surface area contributed by atoms with Gasteiger partial charge in [-0.3, -0.25) is 0 Å².